The number of carboxylic acids is 1. The van der Waals surface area contributed by atoms with Gasteiger partial charge in [0.1, 0.15) is 11.6 Å². The highest BCUT2D eigenvalue weighted by atomic mass is 35.5. The normalized spacial score (nSPS) is 17.9. The van der Waals surface area contributed by atoms with Gasteiger partial charge >= 0.3 is 5.97 Å². The van der Waals surface area contributed by atoms with Crippen LogP contribution in [0.4, 0.5) is 4.39 Å². The molecule has 0 bridgehead atoms. The Balaban J connectivity index is 1.44. The average Bonchev–Trinajstić information content (AvgIpc) is 2.77. The third kappa shape index (κ3) is 6.43. The third-order valence-corrected chi connectivity index (χ3v) is 5.57. The fraction of sp³-hybridized carbons (Fsp3) is 0.348. The second-order valence-corrected chi connectivity index (χ2v) is 8.03. The van der Waals surface area contributed by atoms with Crippen LogP contribution < -0.4 is 15.4 Å². The lowest BCUT2D eigenvalue weighted by Gasteiger charge is -2.26. The minimum atomic E-state index is -0.797. The molecule has 0 aromatic heterocycles. The van der Waals surface area contributed by atoms with Gasteiger partial charge in [0.25, 0.3) is 11.8 Å². The zero-order chi connectivity index (χ0) is 23.1. The highest BCUT2D eigenvalue weighted by Crippen LogP contribution is 2.28. The number of nitrogens with one attached hydrogen (secondary N) is 2. The minimum absolute atomic E-state index is 0.128. The van der Waals surface area contributed by atoms with Crippen LogP contribution in [-0.2, 0) is 4.79 Å². The molecule has 1 aliphatic carbocycles. The van der Waals surface area contributed by atoms with Crippen LogP contribution in [0.25, 0.3) is 0 Å². The molecule has 0 aliphatic heterocycles. The molecular weight excluding hydrogens is 439 g/mol. The van der Waals surface area contributed by atoms with Crippen LogP contribution in [0.2, 0.25) is 5.02 Å². The molecule has 9 heteroatoms. The molecule has 0 heterocycles. The van der Waals surface area contributed by atoms with Crippen molar-refractivity contribution >= 4 is 29.4 Å². The number of ether oxygens (including phenoxy) is 1. The van der Waals surface area contributed by atoms with Crippen molar-refractivity contribution in [2.75, 3.05) is 13.1 Å². The van der Waals surface area contributed by atoms with Gasteiger partial charge in [-0.15, -0.1) is 0 Å². The highest BCUT2D eigenvalue weighted by molar-refractivity contribution is 6.30. The van der Waals surface area contributed by atoms with Crippen molar-refractivity contribution in [1.82, 2.24) is 10.6 Å². The predicted octanol–water partition coefficient (Wildman–Crippen LogP) is 3.66. The molecule has 0 spiro atoms. The molecule has 32 heavy (non-hydrogen) atoms. The van der Waals surface area contributed by atoms with Gasteiger partial charge in [0.2, 0.25) is 0 Å². The van der Waals surface area contributed by atoms with Crippen molar-refractivity contribution in [3.05, 3.63) is 64.4 Å². The van der Waals surface area contributed by atoms with Gasteiger partial charge in [-0.05, 0) is 62.1 Å². The number of aliphatic carboxylic acids is 1. The summed E-state index contributed by atoms with van der Waals surface area (Å²) in [5.41, 5.74) is 0.315. The van der Waals surface area contributed by atoms with Crippen LogP contribution in [0.5, 0.6) is 5.75 Å². The largest absolute Gasteiger partial charge is 0.490 e. The Bertz CT molecular complexity index is 975. The fourth-order valence-corrected chi connectivity index (χ4v) is 3.65. The van der Waals surface area contributed by atoms with E-state index in [1.54, 1.807) is 24.3 Å². The van der Waals surface area contributed by atoms with E-state index in [1.165, 1.54) is 12.1 Å². The Morgan fingerprint density at radius 1 is 0.969 bits per heavy atom. The molecule has 2 aromatic carbocycles. The summed E-state index contributed by atoms with van der Waals surface area (Å²) in [6, 6.07) is 10.4. The topological polar surface area (TPSA) is 105 Å². The highest BCUT2D eigenvalue weighted by Gasteiger charge is 2.27. The first-order valence-electron chi connectivity index (χ1n) is 10.3. The molecular formula is C23H24ClFN2O5. The second kappa shape index (κ2) is 10.9. The zero-order valence-corrected chi connectivity index (χ0v) is 18.0. The number of amides is 2. The predicted molar refractivity (Wildman–Crippen MR) is 117 cm³/mol. The lowest BCUT2D eigenvalue weighted by molar-refractivity contribution is -0.143. The molecule has 1 aliphatic rings. The molecule has 2 aromatic rings. The molecule has 1 saturated carbocycles. The number of hydrogen-bond donors (Lipinski definition) is 3. The fourth-order valence-electron chi connectivity index (χ4n) is 3.52. The summed E-state index contributed by atoms with van der Waals surface area (Å²) in [6.07, 6.45) is 2.05. The standard InChI is InChI=1S/C23H24ClFN2O5/c24-16-5-1-14(2-6-16)21(28)26-11-12-27-22(29)19-10-9-18(13-20(19)25)32-17-7-3-15(4-8-17)23(30)31/h1-2,5-6,9-10,13,15,17H,3-4,7-8,11-12H2,(H,26,28)(H,27,29)(H,30,31). The van der Waals surface area contributed by atoms with Gasteiger partial charge in [0.15, 0.2) is 0 Å². The maximum Gasteiger partial charge on any atom is 0.306 e. The number of carbonyl (C=O) groups is 3. The van der Waals surface area contributed by atoms with E-state index >= 15 is 0 Å². The first kappa shape index (κ1) is 23.5. The molecule has 3 N–H and O–H groups in total. The van der Waals surface area contributed by atoms with Crippen LogP contribution in [0.15, 0.2) is 42.5 Å². The summed E-state index contributed by atoms with van der Waals surface area (Å²) in [5, 5.41) is 14.8. The van der Waals surface area contributed by atoms with E-state index < -0.39 is 17.7 Å². The van der Waals surface area contributed by atoms with E-state index in [0.717, 1.165) is 6.07 Å². The van der Waals surface area contributed by atoms with Gasteiger partial charge < -0.3 is 20.5 Å². The van der Waals surface area contributed by atoms with Crippen molar-refractivity contribution in [2.45, 2.75) is 31.8 Å². The Morgan fingerprint density at radius 3 is 2.19 bits per heavy atom. The monoisotopic (exact) mass is 462 g/mol. The molecule has 1 fully saturated rings. The van der Waals surface area contributed by atoms with Crippen molar-refractivity contribution in [2.24, 2.45) is 5.92 Å². The van der Waals surface area contributed by atoms with Gasteiger partial charge in [0, 0.05) is 29.7 Å². The lowest BCUT2D eigenvalue weighted by atomic mass is 9.87. The smallest absolute Gasteiger partial charge is 0.306 e. The zero-order valence-electron chi connectivity index (χ0n) is 17.3. The molecule has 3 rings (SSSR count). The van der Waals surface area contributed by atoms with Crippen LogP contribution in [0.1, 0.15) is 46.4 Å². The van der Waals surface area contributed by atoms with Crippen LogP contribution in [0, 0.1) is 11.7 Å². The summed E-state index contributed by atoms with van der Waals surface area (Å²) in [5.74, 6) is -2.47. The third-order valence-electron chi connectivity index (χ3n) is 5.31. The molecule has 0 saturated heterocycles. The van der Waals surface area contributed by atoms with E-state index in [-0.39, 0.29) is 36.6 Å². The SMILES string of the molecule is O=C(NCCNC(=O)c1ccc(OC2CCC(C(=O)O)CC2)cc1F)c1ccc(Cl)cc1. The Hall–Kier alpha value is -3.13. The van der Waals surface area contributed by atoms with Gasteiger partial charge in [-0.2, -0.15) is 0 Å². The average molecular weight is 463 g/mol. The number of halogens is 2. The van der Waals surface area contributed by atoms with Crippen molar-refractivity contribution in [1.29, 1.82) is 0 Å². The van der Waals surface area contributed by atoms with E-state index in [0.29, 0.717) is 42.0 Å². The van der Waals surface area contributed by atoms with Gasteiger partial charge in [-0.1, -0.05) is 11.6 Å². The van der Waals surface area contributed by atoms with Gasteiger partial charge in [-0.3, -0.25) is 14.4 Å². The summed E-state index contributed by atoms with van der Waals surface area (Å²) in [7, 11) is 0. The summed E-state index contributed by atoms with van der Waals surface area (Å²) in [4.78, 5) is 35.3. The maximum atomic E-state index is 14.4. The van der Waals surface area contributed by atoms with Crippen LogP contribution >= 0.6 is 11.6 Å². The number of rotatable bonds is 8. The molecule has 0 radical (unpaired) electrons. The molecule has 0 unspecified atom stereocenters. The minimum Gasteiger partial charge on any atom is -0.490 e. The van der Waals surface area contributed by atoms with Crippen LogP contribution in [0.3, 0.4) is 0 Å². The Labute approximate surface area is 189 Å². The molecule has 2 amide bonds. The number of benzene rings is 2. The summed E-state index contributed by atoms with van der Waals surface area (Å²) < 4.78 is 20.2. The second-order valence-electron chi connectivity index (χ2n) is 7.59. The van der Waals surface area contributed by atoms with Crippen molar-refractivity contribution < 1.29 is 28.6 Å². The van der Waals surface area contributed by atoms with E-state index in [9.17, 15) is 18.8 Å². The van der Waals surface area contributed by atoms with Gasteiger partial charge in [-0.25, -0.2) is 4.39 Å². The Kier molecular flexibility index (Phi) is 8.05. The maximum absolute atomic E-state index is 14.4. The summed E-state index contributed by atoms with van der Waals surface area (Å²) >= 11 is 5.79. The lowest BCUT2D eigenvalue weighted by Crippen LogP contribution is -2.35. The molecule has 170 valence electrons. The first-order valence-corrected chi connectivity index (χ1v) is 10.7. The van der Waals surface area contributed by atoms with Crippen molar-refractivity contribution in [3.8, 4) is 5.75 Å². The quantitative estimate of drug-likeness (QED) is 0.519. The number of hydrogen-bond acceptors (Lipinski definition) is 4. The number of carbonyl (C=O) groups excluding carboxylic acids is 2. The first-order chi connectivity index (χ1) is 15.3. The van der Waals surface area contributed by atoms with E-state index in [1.807, 2.05) is 0 Å². The van der Waals surface area contributed by atoms with E-state index in [2.05, 4.69) is 10.6 Å². The molecule has 0 atom stereocenters. The van der Waals surface area contributed by atoms with Gasteiger partial charge in [0.05, 0.1) is 17.6 Å². The summed E-state index contributed by atoms with van der Waals surface area (Å²) in [6.45, 7) is 0.303. The van der Waals surface area contributed by atoms with E-state index in [4.69, 9.17) is 21.4 Å². The van der Waals surface area contributed by atoms with Crippen LogP contribution in [-0.4, -0.2) is 42.1 Å². The van der Waals surface area contributed by atoms with Crippen molar-refractivity contribution in [3.63, 3.8) is 0 Å². The number of carboxylic acid groups (broad SMARTS) is 1. The molecule has 7 nitrogen and oxygen atoms in total. The Morgan fingerprint density at radius 2 is 1.59 bits per heavy atom.